The van der Waals surface area contributed by atoms with Crippen LogP contribution in [0.3, 0.4) is 0 Å². The van der Waals surface area contributed by atoms with E-state index in [1.165, 1.54) is 4.57 Å². The minimum absolute atomic E-state index is 0.343. The topological polar surface area (TPSA) is 116 Å². The van der Waals surface area contributed by atoms with E-state index in [-0.39, 0.29) is 5.69 Å². The van der Waals surface area contributed by atoms with Crippen molar-refractivity contribution in [3.8, 4) is 22.8 Å². The number of aromatic nitrogens is 4. The number of imidazole rings is 1. The van der Waals surface area contributed by atoms with Gasteiger partial charge in [0.1, 0.15) is 11.3 Å². The van der Waals surface area contributed by atoms with Crippen LogP contribution in [0, 0.1) is 0 Å². The first-order valence-electron chi connectivity index (χ1n) is 8.10. The Morgan fingerprint density at radius 2 is 1.89 bits per heavy atom. The second kappa shape index (κ2) is 6.41. The standard InChI is InChI=1S/C19H15N5O3/c1-27-15-5-3-2-4-14(15)24-18-13(22-19(24)26)10-21-17(23-18)12-8-6-11(7-9-12)16(20)25/h2-10H,1H3,(H2,20,25)(H,22,26). The number of nitrogens with zero attached hydrogens (tertiary/aromatic N) is 3. The summed E-state index contributed by atoms with van der Waals surface area (Å²) in [4.78, 5) is 35.3. The highest BCUT2D eigenvalue weighted by Crippen LogP contribution is 2.24. The molecule has 4 aromatic rings. The van der Waals surface area contributed by atoms with Crippen molar-refractivity contribution in [2.75, 3.05) is 7.11 Å². The van der Waals surface area contributed by atoms with Crippen LogP contribution < -0.4 is 16.2 Å². The van der Waals surface area contributed by atoms with E-state index < -0.39 is 5.91 Å². The molecule has 0 aliphatic rings. The number of amides is 1. The average molecular weight is 361 g/mol. The molecule has 0 spiro atoms. The largest absolute Gasteiger partial charge is 0.495 e. The molecule has 0 radical (unpaired) electrons. The molecule has 134 valence electrons. The number of benzene rings is 2. The smallest absolute Gasteiger partial charge is 0.332 e. The van der Waals surface area contributed by atoms with Crippen LogP contribution in [-0.2, 0) is 0 Å². The van der Waals surface area contributed by atoms with E-state index in [0.29, 0.717) is 39.6 Å². The van der Waals surface area contributed by atoms with Crippen LogP contribution >= 0.6 is 0 Å². The van der Waals surface area contributed by atoms with Crippen LogP contribution in [0.4, 0.5) is 0 Å². The number of methoxy groups -OCH3 is 1. The fourth-order valence-corrected chi connectivity index (χ4v) is 2.86. The number of H-pyrrole nitrogens is 1. The SMILES string of the molecule is COc1ccccc1-n1c(=O)[nH]c2cnc(-c3ccc(C(N)=O)cc3)nc21. The van der Waals surface area contributed by atoms with Gasteiger partial charge in [-0.15, -0.1) is 0 Å². The van der Waals surface area contributed by atoms with E-state index >= 15 is 0 Å². The third-order valence-corrected chi connectivity index (χ3v) is 4.18. The van der Waals surface area contributed by atoms with E-state index in [4.69, 9.17) is 10.5 Å². The number of nitrogens with two attached hydrogens (primary N) is 1. The molecule has 0 atom stereocenters. The van der Waals surface area contributed by atoms with Gasteiger partial charge in [0.2, 0.25) is 5.91 Å². The Kier molecular flexibility index (Phi) is 3.92. The molecule has 0 unspecified atom stereocenters. The molecule has 2 aromatic carbocycles. The number of hydrogen-bond donors (Lipinski definition) is 2. The maximum absolute atomic E-state index is 12.5. The molecule has 27 heavy (non-hydrogen) atoms. The second-order valence-electron chi connectivity index (χ2n) is 5.81. The molecule has 1 amide bonds. The van der Waals surface area contributed by atoms with Crippen molar-refractivity contribution in [1.82, 2.24) is 19.5 Å². The number of ether oxygens (including phenoxy) is 1. The van der Waals surface area contributed by atoms with Crippen LogP contribution in [-0.4, -0.2) is 32.5 Å². The molecule has 8 heteroatoms. The predicted octanol–water partition coefficient (Wildman–Crippen LogP) is 1.88. The number of primary amides is 1. The van der Waals surface area contributed by atoms with Crippen LogP contribution in [0.2, 0.25) is 0 Å². The van der Waals surface area contributed by atoms with Gasteiger partial charge in [0.15, 0.2) is 11.5 Å². The average Bonchev–Trinajstić information content (AvgIpc) is 3.02. The van der Waals surface area contributed by atoms with Crippen molar-refractivity contribution >= 4 is 17.1 Å². The quantitative estimate of drug-likeness (QED) is 0.576. The van der Waals surface area contributed by atoms with E-state index in [1.54, 1.807) is 49.7 Å². The minimum atomic E-state index is -0.506. The number of carbonyl (C=O) groups is 1. The third-order valence-electron chi connectivity index (χ3n) is 4.18. The van der Waals surface area contributed by atoms with E-state index in [2.05, 4.69) is 15.0 Å². The predicted molar refractivity (Wildman–Crippen MR) is 100.0 cm³/mol. The lowest BCUT2D eigenvalue weighted by molar-refractivity contribution is 0.100. The van der Waals surface area contributed by atoms with Crippen LogP contribution in [0.15, 0.2) is 59.5 Å². The summed E-state index contributed by atoms with van der Waals surface area (Å²) in [7, 11) is 1.54. The summed E-state index contributed by atoms with van der Waals surface area (Å²) in [5, 5.41) is 0. The van der Waals surface area contributed by atoms with Crippen LogP contribution in [0.1, 0.15) is 10.4 Å². The molecule has 0 saturated heterocycles. The van der Waals surface area contributed by atoms with Crippen molar-refractivity contribution in [2.24, 2.45) is 5.73 Å². The number of rotatable bonds is 4. The number of aromatic amines is 1. The molecular formula is C19H15N5O3. The van der Waals surface area contributed by atoms with Gasteiger partial charge in [-0.3, -0.25) is 4.79 Å². The lowest BCUT2D eigenvalue weighted by atomic mass is 10.1. The van der Waals surface area contributed by atoms with Gasteiger partial charge in [0.25, 0.3) is 0 Å². The first-order chi connectivity index (χ1) is 13.1. The van der Waals surface area contributed by atoms with Crippen molar-refractivity contribution in [2.45, 2.75) is 0 Å². The molecule has 4 rings (SSSR count). The summed E-state index contributed by atoms with van der Waals surface area (Å²) in [6, 6.07) is 13.8. The first-order valence-corrected chi connectivity index (χ1v) is 8.10. The summed E-state index contributed by atoms with van der Waals surface area (Å²) >= 11 is 0. The Hall–Kier alpha value is -3.94. The van der Waals surface area contributed by atoms with Gasteiger partial charge >= 0.3 is 5.69 Å². The zero-order valence-corrected chi connectivity index (χ0v) is 14.3. The molecule has 0 saturated carbocycles. The van der Waals surface area contributed by atoms with E-state index in [0.717, 1.165) is 0 Å². The van der Waals surface area contributed by atoms with Gasteiger partial charge < -0.3 is 15.5 Å². The fourth-order valence-electron chi connectivity index (χ4n) is 2.86. The van der Waals surface area contributed by atoms with Crippen LogP contribution in [0.5, 0.6) is 5.75 Å². The Bertz CT molecular complexity index is 1210. The van der Waals surface area contributed by atoms with E-state index in [9.17, 15) is 9.59 Å². The molecule has 0 bridgehead atoms. The fraction of sp³-hybridized carbons (Fsp3) is 0.0526. The Morgan fingerprint density at radius 3 is 2.59 bits per heavy atom. The third kappa shape index (κ3) is 2.82. The van der Waals surface area contributed by atoms with Crippen molar-refractivity contribution in [3.63, 3.8) is 0 Å². The molecule has 2 heterocycles. The molecule has 0 aliphatic heterocycles. The molecule has 2 aromatic heterocycles. The molecule has 0 aliphatic carbocycles. The molecule has 8 nitrogen and oxygen atoms in total. The maximum Gasteiger partial charge on any atom is 0.332 e. The van der Waals surface area contributed by atoms with Gasteiger partial charge in [0, 0.05) is 11.1 Å². The molecule has 3 N–H and O–H groups in total. The van der Waals surface area contributed by atoms with Gasteiger partial charge in [-0.05, 0) is 24.3 Å². The number of carbonyl (C=O) groups excluding carboxylic acids is 1. The van der Waals surface area contributed by atoms with Crippen molar-refractivity contribution in [3.05, 3.63) is 70.8 Å². The Labute approximate surface area is 153 Å². The summed E-state index contributed by atoms with van der Waals surface area (Å²) in [5.74, 6) is 0.459. The molecular weight excluding hydrogens is 346 g/mol. The number of para-hydroxylation sites is 2. The lowest BCUT2D eigenvalue weighted by Gasteiger charge is -2.09. The highest BCUT2D eigenvalue weighted by molar-refractivity contribution is 5.93. The van der Waals surface area contributed by atoms with Gasteiger partial charge in [-0.25, -0.2) is 19.3 Å². The Balaban J connectivity index is 1.90. The summed E-state index contributed by atoms with van der Waals surface area (Å²) in [6.07, 6.45) is 1.55. The highest BCUT2D eigenvalue weighted by Gasteiger charge is 2.15. The second-order valence-corrected chi connectivity index (χ2v) is 5.81. The first kappa shape index (κ1) is 16.5. The maximum atomic E-state index is 12.5. The van der Waals surface area contributed by atoms with Gasteiger partial charge in [0.05, 0.1) is 19.0 Å². The zero-order valence-electron chi connectivity index (χ0n) is 14.3. The monoisotopic (exact) mass is 361 g/mol. The van der Waals surface area contributed by atoms with Crippen molar-refractivity contribution < 1.29 is 9.53 Å². The zero-order chi connectivity index (χ0) is 19.0. The summed E-state index contributed by atoms with van der Waals surface area (Å²) in [6.45, 7) is 0. The highest BCUT2D eigenvalue weighted by atomic mass is 16.5. The van der Waals surface area contributed by atoms with Gasteiger partial charge in [-0.2, -0.15) is 0 Å². The summed E-state index contributed by atoms with van der Waals surface area (Å²) in [5.41, 5.74) is 7.52. The summed E-state index contributed by atoms with van der Waals surface area (Å²) < 4.78 is 6.80. The lowest BCUT2D eigenvalue weighted by Crippen LogP contribution is -2.15. The Morgan fingerprint density at radius 1 is 1.15 bits per heavy atom. The normalized spacial score (nSPS) is 10.9. The number of fused-ring (bicyclic) bond motifs is 1. The van der Waals surface area contributed by atoms with Gasteiger partial charge in [-0.1, -0.05) is 24.3 Å². The number of nitrogens with one attached hydrogen (secondary N) is 1. The minimum Gasteiger partial charge on any atom is -0.495 e. The van der Waals surface area contributed by atoms with Crippen LogP contribution in [0.25, 0.3) is 28.2 Å². The van der Waals surface area contributed by atoms with Crippen molar-refractivity contribution in [1.29, 1.82) is 0 Å². The number of hydrogen-bond acceptors (Lipinski definition) is 5. The van der Waals surface area contributed by atoms with E-state index in [1.807, 2.05) is 12.1 Å². The molecule has 0 fully saturated rings.